The van der Waals surface area contributed by atoms with E-state index in [0.29, 0.717) is 24.2 Å². The van der Waals surface area contributed by atoms with Crippen molar-refractivity contribution in [3.63, 3.8) is 0 Å². The van der Waals surface area contributed by atoms with Crippen LogP contribution in [0.1, 0.15) is 52.1 Å². The molecule has 0 aliphatic rings. The molecule has 4 N–H and O–H groups in total. The number of benzene rings is 2. The second kappa shape index (κ2) is 8.99. The van der Waals surface area contributed by atoms with E-state index in [1.54, 1.807) is 24.3 Å². The number of rotatable bonds is 7. The number of nitrogens with two attached hydrogens (primary N) is 1. The van der Waals surface area contributed by atoms with Crippen molar-refractivity contribution in [3.8, 4) is 0 Å². The zero-order chi connectivity index (χ0) is 18.2. The highest BCUT2D eigenvalue weighted by Gasteiger charge is 2.10. The standard InChI is InChI=1S/C20H25N3O2/c1-3-14(2)23-20(25)18-6-4-5-16(11-18)13-22-19(24)17-9-7-15(12-21)8-10-17/h4-11,14H,3,12-13,21H2,1-2H3,(H,22,24)(H,23,25). The third-order valence-electron chi connectivity index (χ3n) is 4.08. The lowest BCUT2D eigenvalue weighted by molar-refractivity contribution is 0.0936. The van der Waals surface area contributed by atoms with Gasteiger partial charge in [-0.3, -0.25) is 9.59 Å². The summed E-state index contributed by atoms with van der Waals surface area (Å²) in [5.74, 6) is -0.252. The van der Waals surface area contributed by atoms with Gasteiger partial charge in [0, 0.05) is 30.3 Å². The van der Waals surface area contributed by atoms with Crippen molar-refractivity contribution in [2.75, 3.05) is 0 Å². The predicted octanol–water partition coefficient (Wildman–Crippen LogP) is 2.60. The molecule has 1 unspecified atom stereocenters. The second-order valence-corrected chi connectivity index (χ2v) is 6.07. The molecule has 0 bridgehead atoms. The number of carbonyl (C=O) groups is 2. The van der Waals surface area contributed by atoms with Gasteiger partial charge in [0.25, 0.3) is 11.8 Å². The molecule has 0 spiro atoms. The minimum Gasteiger partial charge on any atom is -0.350 e. The van der Waals surface area contributed by atoms with Gasteiger partial charge in [0.2, 0.25) is 0 Å². The predicted molar refractivity (Wildman–Crippen MR) is 99.2 cm³/mol. The molecule has 2 aromatic rings. The lowest BCUT2D eigenvalue weighted by Crippen LogP contribution is -2.32. The molecule has 0 heterocycles. The van der Waals surface area contributed by atoms with Gasteiger partial charge in [-0.05, 0) is 48.7 Å². The lowest BCUT2D eigenvalue weighted by Gasteiger charge is -2.12. The van der Waals surface area contributed by atoms with Gasteiger partial charge in [0.05, 0.1) is 0 Å². The SMILES string of the molecule is CCC(C)NC(=O)c1cccc(CNC(=O)c2ccc(CN)cc2)c1. The van der Waals surface area contributed by atoms with Crippen LogP contribution in [-0.4, -0.2) is 17.9 Å². The summed E-state index contributed by atoms with van der Waals surface area (Å²) in [5, 5.41) is 5.81. The fourth-order valence-corrected chi connectivity index (χ4v) is 2.31. The zero-order valence-corrected chi connectivity index (χ0v) is 14.7. The van der Waals surface area contributed by atoms with Crippen LogP contribution in [0, 0.1) is 0 Å². The maximum Gasteiger partial charge on any atom is 0.251 e. The van der Waals surface area contributed by atoms with E-state index >= 15 is 0 Å². The van der Waals surface area contributed by atoms with E-state index in [2.05, 4.69) is 10.6 Å². The first-order valence-electron chi connectivity index (χ1n) is 8.50. The van der Waals surface area contributed by atoms with Crippen LogP contribution in [0.2, 0.25) is 0 Å². The van der Waals surface area contributed by atoms with Gasteiger partial charge in [-0.1, -0.05) is 31.2 Å². The minimum absolute atomic E-state index is 0.0973. The van der Waals surface area contributed by atoms with Crippen LogP contribution in [0.15, 0.2) is 48.5 Å². The van der Waals surface area contributed by atoms with E-state index in [4.69, 9.17) is 5.73 Å². The van der Waals surface area contributed by atoms with E-state index < -0.39 is 0 Å². The monoisotopic (exact) mass is 339 g/mol. The molecule has 0 saturated heterocycles. The van der Waals surface area contributed by atoms with Crippen LogP contribution < -0.4 is 16.4 Å². The Morgan fingerprint density at radius 2 is 1.72 bits per heavy atom. The molecule has 5 nitrogen and oxygen atoms in total. The second-order valence-electron chi connectivity index (χ2n) is 6.07. The Balaban J connectivity index is 1.97. The van der Waals surface area contributed by atoms with Crippen LogP contribution in [-0.2, 0) is 13.1 Å². The number of nitrogens with one attached hydrogen (secondary N) is 2. The van der Waals surface area contributed by atoms with Crippen molar-refractivity contribution in [3.05, 3.63) is 70.8 Å². The molecule has 2 aromatic carbocycles. The third kappa shape index (κ3) is 5.43. The van der Waals surface area contributed by atoms with Crippen LogP contribution in [0.25, 0.3) is 0 Å². The summed E-state index contributed by atoms with van der Waals surface area (Å²) in [6.45, 7) is 4.81. The van der Waals surface area contributed by atoms with Crippen molar-refractivity contribution >= 4 is 11.8 Å². The van der Waals surface area contributed by atoms with Gasteiger partial charge in [-0.25, -0.2) is 0 Å². The molecule has 2 rings (SSSR count). The van der Waals surface area contributed by atoms with Gasteiger partial charge in [0.1, 0.15) is 0 Å². The maximum atomic E-state index is 12.2. The quantitative estimate of drug-likeness (QED) is 0.725. The van der Waals surface area contributed by atoms with Crippen LogP contribution >= 0.6 is 0 Å². The first kappa shape index (κ1) is 18.7. The molecule has 0 aliphatic heterocycles. The number of hydrogen-bond acceptors (Lipinski definition) is 3. The largest absolute Gasteiger partial charge is 0.350 e. The molecule has 0 aliphatic carbocycles. The van der Waals surface area contributed by atoms with Gasteiger partial charge in [-0.15, -0.1) is 0 Å². The van der Waals surface area contributed by atoms with Gasteiger partial charge in [0.15, 0.2) is 0 Å². The Morgan fingerprint density at radius 1 is 1.00 bits per heavy atom. The highest BCUT2D eigenvalue weighted by atomic mass is 16.2. The summed E-state index contributed by atoms with van der Waals surface area (Å²) in [5.41, 5.74) is 8.60. The normalized spacial score (nSPS) is 11.6. The third-order valence-corrected chi connectivity index (χ3v) is 4.08. The summed E-state index contributed by atoms with van der Waals surface area (Å²) in [6.07, 6.45) is 0.879. The topological polar surface area (TPSA) is 84.2 Å². The maximum absolute atomic E-state index is 12.2. The van der Waals surface area contributed by atoms with Gasteiger partial charge < -0.3 is 16.4 Å². The number of hydrogen-bond donors (Lipinski definition) is 3. The summed E-state index contributed by atoms with van der Waals surface area (Å²) in [4.78, 5) is 24.4. The molecule has 0 radical (unpaired) electrons. The molecule has 2 amide bonds. The number of amides is 2. The highest BCUT2D eigenvalue weighted by molar-refractivity contribution is 5.95. The molecule has 0 saturated carbocycles. The van der Waals surface area contributed by atoms with Crippen LogP contribution in [0.4, 0.5) is 0 Å². The van der Waals surface area contributed by atoms with Crippen molar-refractivity contribution in [2.45, 2.75) is 39.4 Å². The Morgan fingerprint density at radius 3 is 2.36 bits per heavy atom. The molecule has 5 heteroatoms. The summed E-state index contributed by atoms with van der Waals surface area (Å²) < 4.78 is 0. The Kier molecular flexibility index (Phi) is 6.71. The summed E-state index contributed by atoms with van der Waals surface area (Å²) in [6, 6.07) is 14.6. The van der Waals surface area contributed by atoms with Crippen molar-refractivity contribution in [1.82, 2.24) is 10.6 Å². The van der Waals surface area contributed by atoms with Crippen LogP contribution in [0.3, 0.4) is 0 Å². The van der Waals surface area contributed by atoms with E-state index in [1.807, 2.05) is 38.1 Å². The van der Waals surface area contributed by atoms with Crippen molar-refractivity contribution in [1.29, 1.82) is 0 Å². The Labute approximate surface area is 148 Å². The summed E-state index contributed by atoms with van der Waals surface area (Å²) in [7, 11) is 0. The first-order valence-corrected chi connectivity index (χ1v) is 8.50. The molecule has 25 heavy (non-hydrogen) atoms. The lowest BCUT2D eigenvalue weighted by atomic mass is 10.1. The first-order chi connectivity index (χ1) is 12.0. The zero-order valence-electron chi connectivity index (χ0n) is 14.7. The average Bonchev–Trinajstić information content (AvgIpc) is 2.66. The molecular formula is C20H25N3O2. The van der Waals surface area contributed by atoms with Gasteiger partial charge >= 0.3 is 0 Å². The molecule has 0 aromatic heterocycles. The smallest absolute Gasteiger partial charge is 0.251 e. The summed E-state index contributed by atoms with van der Waals surface area (Å²) >= 11 is 0. The molecule has 0 fully saturated rings. The number of carbonyl (C=O) groups excluding carboxylic acids is 2. The van der Waals surface area contributed by atoms with E-state index in [-0.39, 0.29) is 17.9 Å². The van der Waals surface area contributed by atoms with Crippen molar-refractivity contribution < 1.29 is 9.59 Å². The molecule has 1 atom stereocenters. The van der Waals surface area contributed by atoms with E-state index in [9.17, 15) is 9.59 Å². The van der Waals surface area contributed by atoms with Gasteiger partial charge in [-0.2, -0.15) is 0 Å². The fraction of sp³-hybridized carbons (Fsp3) is 0.300. The highest BCUT2D eigenvalue weighted by Crippen LogP contribution is 2.08. The van der Waals surface area contributed by atoms with Crippen molar-refractivity contribution in [2.24, 2.45) is 5.73 Å². The average molecular weight is 339 g/mol. The molecule has 132 valence electrons. The Hall–Kier alpha value is -2.66. The fourth-order valence-electron chi connectivity index (χ4n) is 2.31. The Bertz CT molecular complexity index is 726. The van der Waals surface area contributed by atoms with Crippen LogP contribution in [0.5, 0.6) is 0 Å². The van der Waals surface area contributed by atoms with E-state index in [0.717, 1.165) is 17.5 Å². The minimum atomic E-state index is -0.155. The molecular weight excluding hydrogens is 314 g/mol. The van der Waals surface area contributed by atoms with E-state index in [1.165, 1.54) is 0 Å².